The highest BCUT2D eigenvalue weighted by molar-refractivity contribution is 6.51. The van der Waals surface area contributed by atoms with Crippen molar-refractivity contribution in [1.82, 2.24) is 0 Å². The Balaban J connectivity index is 2.10. The molecule has 0 spiro atoms. The van der Waals surface area contributed by atoms with Crippen LogP contribution in [0.15, 0.2) is 42.5 Å². The van der Waals surface area contributed by atoms with Crippen LogP contribution in [-0.2, 0) is 4.79 Å². The van der Waals surface area contributed by atoms with Gasteiger partial charge in [0.25, 0.3) is 11.7 Å². The Morgan fingerprint density at radius 1 is 0.947 bits per heavy atom. The van der Waals surface area contributed by atoms with Gasteiger partial charge >= 0.3 is 0 Å². The molecule has 0 aromatic heterocycles. The molecule has 1 heterocycles. The fourth-order valence-corrected chi connectivity index (χ4v) is 2.11. The molecule has 1 N–H and O–H groups in total. The molecule has 19 heavy (non-hydrogen) atoms. The monoisotopic (exact) mass is 251 g/mol. The van der Waals surface area contributed by atoms with Gasteiger partial charge in [-0.1, -0.05) is 24.3 Å². The minimum Gasteiger partial charge on any atom is -0.318 e. The molecule has 0 unspecified atom stereocenters. The normalized spacial score (nSPS) is 13.1. The van der Waals surface area contributed by atoms with E-state index < -0.39 is 11.7 Å². The molecule has 0 saturated heterocycles. The van der Waals surface area contributed by atoms with Crippen LogP contribution in [0.4, 0.5) is 5.69 Å². The predicted octanol–water partition coefficient (Wildman–Crippen LogP) is 2.30. The van der Waals surface area contributed by atoms with Gasteiger partial charge in [0.2, 0.25) is 0 Å². The first kappa shape index (κ1) is 11.3. The van der Waals surface area contributed by atoms with E-state index in [4.69, 9.17) is 0 Å². The molecule has 2 aromatic carbocycles. The van der Waals surface area contributed by atoms with Crippen molar-refractivity contribution < 1.29 is 14.4 Å². The van der Waals surface area contributed by atoms with E-state index in [1.54, 1.807) is 30.3 Å². The fourth-order valence-electron chi connectivity index (χ4n) is 2.11. The molecule has 0 saturated carbocycles. The number of nitrogens with one attached hydrogen (secondary N) is 1. The topological polar surface area (TPSA) is 63.2 Å². The molecule has 1 aliphatic rings. The van der Waals surface area contributed by atoms with Gasteiger partial charge in [-0.3, -0.25) is 14.4 Å². The second-order valence-corrected chi connectivity index (χ2v) is 4.29. The molecule has 1 aliphatic heterocycles. The zero-order valence-electron chi connectivity index (χ0n) is 9.84. The van der Waals surface area contributed by atoms with Crippen LogP contribution >= 0.6 is 0 Å². The summed E-state index contributed by atoms with van der Waals surface area (Å²) in [5.74, 6) is -1.13. The Kier molecular flexibility index (Phi) is 2.49. The molecule has 1 amide bonds. The summed E-state index contributed by atoms with van der Waals surface area (Å²) in [5, 5.41) is 2.50. The number of amides is 1. The van der Waals surface area contributed by atoms with Crippen molar-refractivity contribution in [3.05, 3.63) is 53.6 Å². The molecular formula is C15H9NO3. The highest BCUT2D eigenvalue weighted by Gasteiger charge is 2.27. The number of aldehydes is 1. The quantitative estimate of drug-likeness (QED) is 0.658. The molecule has 0 aliphatic carbocycles. The molecule has 2 aromatic rings. The summed E-state index contributed by atoms with van der Waals surface area (Å²) in [7, 11) is 0. The summed E-state index contributed by atoms with van der Waals surface area (Å²) >= 11 is 0. The van der Waals surface area contributed by atoms with E-state index in [0.29, 0.717) is 16.8 Å². The van der Waals surface area contributed by atoms with Crippen LogP contribution < -0.4 is 5.32 Å². The lowest BCUT2D eigenvalue weighted by molar-refractivity contribution is -0.112. The Morgan fingerprint density at radius 2 is 1.74 bits per heavy atom. The van der Waals surface area contributed by atoms with E-state index in [9.17, 15) is 14.4 Å². The Hall–Kier alpha value is -2.75. The largest absolute Gasteiger partial charge is 0.318 e. The molecule has 0 radical (unpaired) electrons. The SMILES string of the molecule is O=Cc1cccc(-c2ccc3c(c2)C(=O)C(=O)N3)c1. The average Bonchev–Trinajstić information content (AvgIpc) is 2.74. The van der Waals surface area contributed by atoms with Crippen molar-refractivity contribution in [2.24, 2.45) is 0 Å². The van der Waals surface area contributed by atoms with Crippen molar-refractivity contribution in [2.75, 3.05) is 5.32 Å². The van der Waals surface area contributed by atoms with Gasteiger partial charge in [0.05, 0.1) is 11.3 Å². The van der Waals surface area contributed by atoms with Gasteiger partial charge in [-0.15, -0.1) is 0 Å². The number of hydrogen-bond donors (Lipinski definition) is 1. The van der Waals surface area contributed by atoms with Gasteiger partial charge in [0.1, 0.15) is 6.29 Å². The van der Waals surface area contributed by atoms with Crippen molar-refractivity contribution >= 4 is 23.7 Å². The number of hydrogen-bond acceptors (Lipinski definition) is 3. The van der Waals surface area contributed by atoms with Crippen LogP contribution in [0.2, 0.25) is 0 Å². The molecule has 0 bridgehead atoms. The Labute approximate surface area is 109 Å². The third-order valence-corrected chi connectivity index (χ3v) is 3.07. The smallest absolute Gasteiger partial charge is 0.296 e. The zero-order valence-corrected chi connectivity index (χ0v) is 9.84. The molecule has 4 nitrogen and oxygen atoms in total. The number of carbonyl (C=O) groups excluding carboxylic acids is 3. The van der Waals surface area contributed by atoms with Crippen molar-refractivity contribution in [3.63, 3.8) is 0 Å². The van der Waals surface area contributed by atoms with Gasteiger partial charge in [-0.25, -0.2) is 0 Å². The summed E-state index contributed by atoms with van der Waals surface area (Å²) in [4.78, 5) is 33.7. The zero-order chi connectivity index (χ0) is 13.4. The summed E-state index contributed by atoms with van der Waals surface area (Å²) in [5.41, 5.74) is 3.11. The first-order valence-corrected chi connectivity index (χ1v) is 5.74. The maximum Gasteiger partial charge on any atom is 0.296 e. The summed E-state index contributed by atoms with van der Waals surface area (Å²) in [6.07, 6.45) is 0.771. The maximum absolute atomic E-state index is 11.6. The van der Waals surface area contributed by atoms with Crippen LogP contribution in [0.5, 0.6) is 0 Å². The summed E-state index contributed by atoms with van der Waals surface area (Å²) < 4.78 is 0. The molecule has 92 valence electrons. The number of rotatable bonds is 2. The van der Waals surface area contributed by atoms with Crippen LogP contribution in [0, 0.1) is 0 Å². The van der Waals surface area contributed by atoms with E-state index in [-0.39, 0.29) is 0 Å². The number of fused-ring (bicyclic) bond motifs is 1. The predicted molar refractivity (Wildman–Crippen MR) is 70.2 cm³/mol. The molecule has 4 heteroatoms. The van der Waals surface area contributed by atoms with Crippen LogP contribution in [0.25, 0.3) is 11.1 Å². The summed E-state index contributed by atoms with van der Waals surface area (Å²) in [6, 6.07) is 12.2. The summed E-state index contributed by atoms with van der Waals surface area (Å²) in [6.45, 7) is 0. The molecular weight excluding hydrogens is 242 g/mol. The number of ketones is 1. The van der Waals surface area contributed by atoms with Crippen LogP contribution in [-0.4, -0.2) is 18.0 Å². The lowest BCUT2D eigenvalue weighted by Gasteiger charge is -2.04. The first-order chi connectivity index (χ1) is 9.19. The molecule has 0 atom stereocenters. The second-order valence-electron chi connectivity index (χ2n) is 4.29. The van der Waals surface area contributed by atoms with E-state index in [1.807, 2.05) is 12.1 Å². The number of carbonyl (C=O) groups is 3. The third-order valence-electron chi connectivity index (χ3n) is 3.07. The number of Topliss-reactive ketones (excluding diaryl/α,β-unsaturated/α-hetero) is 1. The Morgan fingerprint density at radius 3 is 2.53 bits per heavy atom. The minimum atomic E-state index is -0.603. The lowest BCUT2D eigenvalue weighted by Crippen LogP contribution is -2.12. The van der Waals surface area contributed by atoms with Crippen molar-refractivity contribution in [1.29, 1.82) is 0 Å². The number of benzene rings is 2. The molecule has 3 rings (SSSR count). The van der Waals surface area contributed by atoms with Gasteiger partial charge < -0.3 is 5.32 Å². The van der Waals surface area contributed by atoms with E-state index in [1.165, 1.54) is 0 Å². The van der Waals surface area contributed by atoms with E-state index in [2.05, 4.69) is 5.32 Å². The van der Waals surface area contributed by atoms with Crippen molar-refractivity contribution in [2.45, 2.75) is 0 Å². The van der Waals surface area contributed by atoms with Crippen molar-refractivity contribution in [3.8, 4) is 11.1 Å². The van der Waals surface area contributed by atoms with Gasteiger partial charge in [-0.2, -0.15) is 0 Å². The third kappa shape index (κ3) is 1.83. The average molecular weight is 251 g/mol. The van der Waals surface area contributed by atoms with Crippen LogP contribution in [0.3, 0.4) is 0 Å². The highest BCUT2D eigenvalue weighted by Crippen LogP contribution is 2.29. The minimum absolute atomic E-state index is 0.374. The maximum atomic E-state index is 11.6. The standard InChI is InChI=1S/C15H9NO3/c17-8-9-2-1-3-10(6-9)11-4-5-13-12(7-11)14(18)15(19)16-13/h1-8H,(H,16,18,19). The second kappa shape index (κ2) is 4.17. The molecule has 0 fully saturated rings. The van der Waals surface area contributed by atoms with E-state index in [0.717, 1.165) is 17.4 Å². The Bertz CT molecular complexity index is 719. The van der Waals surface area contributed by atoms with Crippen LogP contribution in [0.1, 0.15) is 20.7 Å². The highest BCUT2D eigenvalue weighted by atomic mass is 16.2. The number of anilines is 1. The van der Waals surface area contributed by atoms with E-state index >= 15 is 0 Å². The fraction of sp³-hybridized carbons (Fsp3) is 0. The first-order valence-electron chi connectivity index (χ1n) is 5.74. The lowest BCUT2D eigenvalue weighted by atomic mass is 10.00. The van der Waals surface area contributed by atoms with Gasteiger partial charge in [0.15, 0.2) is 0 Å². The van der Waals surface area contributed by atoms with Gasteiger partial charge in [-0.05, 0) is 29.3 Å². The van der Waals surface area contributed by atoms with Gasteiger partial charge in [0, 0.05) is 5.56 Å².